The average Bonchev–Trinajstić information content (AvgIpc) is 2.52. The maximum atomic E-state index is 13.6. The van der Waals surface area contributed by atoms with E-state index < -0.39 is 11.7 Å². The lowest BCUT2D eigenvalue weighted by Gasteiger charge is -2.21. The van der Waals surface area contributed by atoms with Gasteiger partial charge in [-0.1, -0.05) is 28.1 Å². The highest BCUT2D eigenvalue weighted by atomic mass is 79.9. The van der Waals surface area contributed by atoms with Crippen molar-refractivity contribution >= 4 is 21.8 Å². The number of hydrogen-bond acceptors (Lipinski definition) is 3. The molecule has 0 spiro atoms. The highest BCUT2D eigenvalue weighted by molar-refractivity contribution is 9.10. The summed E-state index contributed by atoms with van der Waals surface area (Å²) in [4.78, 5) is 12.1. The zero-order valence-electron chi connectivity index (χ0n) is 11.6. The van der Waals surface area contributed by atoms with Gasteiger partial charge in [-0.05, 0) is 24.3 Å². The van der Waals surface area contributed by atoms with Crippen LogP contribution in [0.2, 0.25) is 0 Å². The first-order valence-corrected chi connectivity index (χ1v) is 7.49. The van der Waals surface area contributed by atoms with Gasteiger partial charge in [0.1, 0.15) is 11.6 Å². The van der Waals surface area contributed by atoms with Gasteiger partial charge in [0, 0.05) is 22.1 Å². The zero-order valence-corrected chi connectivity index (χ0v) is 13.2. The molecule has 0 aromatic heterocycles. The van der Waals surface area contributed by atoms with Crippen molar-refractivity contribution in [1.82, 2.24) is 5.32 Å². The third-order valence-electron chi connectivity index (χ3n) is 3.31. The number of halogens is 2. The summed E-state index contributed by atoms with van der Waals surface area (Å²) in [7, 11) is 0. The fourth-order valence-corrected chi connectivity index (χ4v) is 2.86. The summed E-state index contributed by atoms with van der Waals surface area (Å²) < 4.78 is 25.2. The van der Waals surface area contributed by atoms with Crippen molar-refractivity contribution in [2.75, 3.05) is 6.79 Å². The Morgan fingerprint density at radius 3 is 2.95 bits per heavy atom. The molecule has 1 N–H and O–H groups in total. The molecule has 3 rings (SSSR count). The molecule has 6 heteroatoms. The molecule has 4 nitrogen and oxygen atoms in total. The van der Waals surface area contributed by atoms with Gasteiger partial charge in [-0.15, -0.1) is 0 Å². The third kappa shape index (κ3) is 3.13. The SMILES string of the molecule is O=C(NCc1cc(Br)cc2c1OCOC2)c1ccccc1F. The summed E-state index contributed by atoms with van der Waals surface area (Å²) in [6.45, 7) is 0.890. The van der Waals surface area contributed by atoms with Crippen molar-refractivity contribution in [3.05, 3.63) is 63.4 Å². The lowest BCUT2D eigenvalue weighted by molar-refractivity contribution is -0.0171. The predicted molar refractivity (Wildman–Crippen MR) is 82.0 cm³/mol. The minimum Gasteiger partial charge on any atom is -0.467 e. The average molecular weight is 366 g/mol. The Balaban J connectivity index is 1.78. The van der Waals surface area contributed by atoms with Gasteiger partial charge >= 0.3 is 0 Å². The van der Waals surface area contributed by atoms with E-state index in [-0.39, 0.29) is 18.9 Å². The van der Waals surface area contributed by atoms with E-state index in [1.807, 2.05) is 12.1 Å². The summed E-state index contributed by atoms with van der Waals surface area (Å²) in [5.41, 5.74) is 1.75. The van der Waals surface area contributed by atoms with Gasteiger partial charge in [-0.25, -0.2) is 4.39 Å². The Bertz CT molecular complexity index is 721. The van der Waals surface area contributed by atoms with Gasteiger partial charge in [0.05, 0.1) is 12.2 Å². The van der Waals surface area contributed by atoms with Crippen molar-refractivity contribution in [3.8, 4) is 5.75 Å². The van der Waals surface area contributed by atoms with Crippen molar-refractivity contribution in [1.29, 1.82) is 0 Å². The van der Waals surface area contributed by atoms with E-state index in [9.17, 15) is 9.18 Å². The van der Waals surface area contributed by atoms with Gasteiger partial charge in [-0.2, -0.15) is 0 Å². The van der Waals surface area contributed by atoms with Crippen LogP contribution in [0.3, 0.4) is 0 Å². The van der Waals surface area contributed by atoms with E-state index in [0.29, 0.717) is 12.4 Å². The first-order chi connectivity index (χ1) is 10.6. The molecule has 2 aromatic rings. The van der Waals surface area contributed by atoms with Crippen molar-refractivity contribution < 1.29 is 18.7 Å². The lowest BCUT2D eigenvalue weighted by atomic mass is 10.1. The number of nitrogens with one attached hydrogen (secondary N) is 1. The van der Waals surface area contributed by atoms with E-state index in [4.69, 9.17) is 9.47 Å². The summed E-state index contributed by atoms with van der Waals surface area (Å²) in [6.07, 6.45) is 0. The van der Waals surface area contributed by atoms with E-state index in [2.05, 4.69) is 21.2 Å². The van der Waals surface area contributed by atoms with Crippen molar-refractivity contribution in [2.45, 2.75) is 13.2 Å². The highest BCUT2D eigenvalue weighted by Crippen LogP contribution is 2.31. The second kappa shape index (κ2) is 6.46. The maximum Gasteiger partial charge on any atom is 0.254 e. The third-order valence-corrected chi connectivity index (χ3v) is 3.77. The van der Waals surface area contributed by atoms with Crippen LogP contribution >= 0.6 is 15.9 Å². The molecule has 0 atom stereocenters. The van der Waals surface area contributed by atoms with Gasteiger partial charge in [0.15, 0.2) is 6.79 Å². The van der Waals surface area contributed by atoms with Crippen LogP contribution in [0.15, 0.2) is 40.9 Å². The molecule has 1 amide bonds. The van der Waals surface area contributed by atoms with Crippen LogP contribution in [0, 0.1) is 5.82 Å². The second-order valence-electron chi connectivity index (χ2n) is 4.83. The number of benzene rings is 2. The van der Waals surface area contributed by atoms with E-state index >= 15 is 0 Å². The van der Waals surface area contributed by atoms with Crippen molar-refractivity contribution in [3.63, 3.8) is 0 Å². The molecule has 1 aliphatic heterocycles. The molecule has 0 aliphatic carbocycles. The normalized spacial score (nSPS) is 13.2. The van der Waals surface area contributed by atoms with E-state index in [1.54, 1.807) is 12.1 Å². The van der Waals surface area contributed by atoms with Crippen LogP contribution in [0.25, 0.3) is 0 Å². The van der Waals surface area contributed by atoms with Crippen LogP contribution in [-0.2, 0) is 17.9 Å². The van der Waals surface area contributed by atoms with E-state index in [0.717, 1.165) is 15.6 Å². The predicted octanol–water partition coefficient (Wildman–Crippen LogP) is 3.38. The number of carbonyl (C=O) groups is 1. The van der Waals surface area contributed by atoms with Gasteiger partial charge < -0.3 is 14.8 Å². The molecular weight excluding hydrogens is 353 g/mol. The smallest absolute Gasteiger partial charge is 0.254 e. The molecule has 0 saturated carbocycles. The Kier molecular flexibility index (Phi) is 4.40. The van der Waals surface area contributed by atoms with E-state index in [1.165, 1.54) is 12.1 Å². The summed E-state index contributed by atoms with van der Waals surface area (Å²) >= 11 is 3.42. The van der Waals surface area contributed by atoms with Crippen LogP contribution in [0.5, 0.6) is 5.75 Å². The molecule has 0 bridgehead atoms. The standard InChI is InChI=1S/C16H13BrFNO3/c17-12-5-10(15-11(6-12)8-21-9-22-15)7-19-16(20)13-3-1-2-4-14(13)18/h1-6H,7-9H2,(H,19,20). The molecule has 1 heterocycles. The summed E-state index contributed by atoms with van der Waals surface area (Å²) in [5.74, 6) is -0.289. The number of rotatable bonds is 3. The summed E-state index contributed by atoms with van der Waals surface area (Å²) in [6, 6.07) is 9.66. The number of hydrogen-bond donors (Lipinski definition) is 1. The maximum absolute atomic E-state index is 13.6. The van der Waals surface area contributed by atoms with Crippen molar-refractivity contribution in [2.24, 2.45) is 0 Å². The topological polar surface area (TPSA) is 47.6 Å². The van der Waals surface area contributed by atoms with Crippen LogP contribution in [0.4, 0.5) is 4.39 Å². The second-order valence-corrected chi connectivity index (χ2v) is 5.74. The molecule has 0 radical (unpaired) electrons. The molecule has 1 aliphatic rings. The Morgan fingerprint density at radius 2 is 2.14 bits per heavy atom. The number of carbonyl (C=O) groups excluding carboxylic acids is 1. The minimum absolute atomic E-state index is 0.0237. The fraction of sp³-hybridized carbons (Fsp3) is 0.188. The monoisotopic (exact) mass is 365 g/mol. The zero-order chi connectivity index (χ0) is 15.5. The molecule has 0 unspecified atom stereocenters. The first-order valence-electron chi connectivity index (χ1n) is 6.69. The Hall–Kier alpha value is -1.92. The molecule has 0 saturated heterocycles. The Labute approximate surface area is 135 Å². The Morgan fingerprint density at radius 1 is 1.32 bits per heavy atom. The first kappa shape index (κ1) is 15.0. The van der Waals surface area contributed by atoms with Crippen LogP contribution < -0.4 is 10.1 Å². The summed E-state index contributed by atoms with van der Waals surface area (Å²) in [5, 5.41) is 2.71. The highest BCUT2D eigenvalue weighted by Gasteiger charge is 2.17. The van der Waals surface area contributed by atoms with Crippen LogP contribution in [-0.4, -0.2) is 12.7 Å². The largest absolute Gasteiger partial charge is 0.467 e. The van der Waals surface area contributed by atoms with Gasteiger partial charge in [0.2, 0.25) is 0 Å². The molecule has 114 valence electrons. The number of ether oxygens (including phenoxy) is 2. The van der Waals surface area contributed by atoms with Gasteiger partial charge in [-0.3, -0.25) is 4.79 Å². The molecule has 2 aromatic carbocycles. The quantitative estimate of drug-likeness (QED) is 0.906. The molecule has 0 fully saturated rings. The lowest BCUT2D eigenvalue weighted by Crippen LogP contribution is -2.25. The molecule has 22 heavy (non-hydrogen) atoms. The number of fused-ring (bicyclic) bond motifs is 1. The molecular formula is C16H13BrFNO3. The van der Waals surface area contributed by atoms with Crippen LogP contribution in [0.1, 0.15) is 21.5 Å². The fourth-order valence-electron chi connectivity index (χ4n) is 2.30. The number of amides is 1. The van der Waals surface area contributed by atoms with Gasteiger partial charge in [0.25, 0.3) is 5.91 Å². The minimum atomic E-state index is -0.541.